The van der Waals surface area contributed by atoms with Crippen LogP contribution < -0.4 is 5.32 Å². The molecule has 0 unspecified atom stereocenters. The Bertz CT molecular complexity index is 468. The number of rotatable bonds is 8. The van der Waals surface area contributed by atoms with Crippen LogP contribution in [0.15, 0.2) is 29.2 Å². The summed E-state index contributed by atoms with van der Waals surface area (Å²) in [7, 11) is 1.30. The standard InChI is InChI=1S/C14H18FNO3S2/c1-19-14(18)12(7-8-20-2)16-13(17)9-21-11-5-3-10(15)4-6-11/h3-6,12H,7-9H2,1-2H3,(H,16,17)/t12-/m0/s1. The quantitative estimate of drug-likeness (QED) is 0.585. The van der Waals surface area contributed by atoms with Crippen LogP contribution >= 0.6 is 23.5 Å². The fourth-order valence-electron chi connectivity index (χ4n) is 1.54. The lowest BCUT2D eigenvalue weighted by molar-refractivity contribution is -0.144. The summed E-state index contributed by atoms with van der Waals surface area (Å²) in [5, 5.41) is 2.66. The third kappa shape index (κ3) is 6.86. The average Bonchev–Trinajstić information content (AvgIpc) is 2.50. The second-order valence-corrected chi connectivity index (χ2v) is 6.20. The first-order valence-electron chi connectivity index (χ1n) is 6.31. The number of benzene rings is 1. The Labute approximate surface area is 132 Å². The molecule has 1 rings (SSSR count). The van der Waals surface area contributed by atoms with Crippen LogP contribution in [0.1, 0.15) is 6.42 Å². The van der Waals surface area contributed by atoms with Gasteiger partial charge < -0.3 is 10.1 Å². The smallest absolute Gasteiger partial charge is 0.328 e. The van der Waals surface area contributed by atoms with Crippen molar-refractivity contribution in [2.45, 2.75) is 17.4 Å². The summed E-state index contributed by atoms with van der Waals surface area (Å²) in [6, 6.07) is 5.28. The number of carbonyl (C=O) groups is 2. The Morgan fingerprint density at radius 1 is 1.33 bits per heavy atom. The van der Waals surface area contributed by atoms with Crippen molar-refractivity contribution in [1.29, 1.82) is 0 Å². The van der Waals surface area contributed by atoms with E-state index in [0.29, 0.717) is 6.42 Å². The fraction of sp³-hybridized carbons (Fsp3) is 0.429. The van der Waals surface area contributed by atoms with E-state index in [1.165, 1.54) is 31.0 Å². The van der Waals surface area contributed by atoms with Crippen molar-refractivity contribution in [1.82, 2.24) is 5.32 Å². The molecular formula is C14H18FNO3S2. The number of nitrogens with one attached hydrogen (secondary N) is 1. The van der Waals surface area contributed by atoms with E-state index in [0.717, 1.165) is 10.6 Å². The summed E-state index contributed by atoms with van der Waals surface area (Å²) < 4.78 is 17.4. The van der Waals surface area contributed by atoms with E-state index in [1.807, 2.05) is 6.26 Å². The summed E-state index contributed by atoms with van der Waals surface area (Å²) in [6.45, 7) is 0. The molecule has 0 radical (unpaired) electrons. The molecule has 4 nitrogen and oxygen atoms in total. The topological polar surface area (TPSA) is 55.4 Å². The van der Waals surface area contributed by atoms with Gasteiger partial charge in [0, 0.05) is 4.90 Å². The molecule has 1 aromatic carbocycles. The van der Waals surface area contributed by atoms with E-state index in [1.54, 1.807) is 23.9 Å². The van der Waals surface area contributed by atoms with E-state index < -0.39 is 12.0 Å². The van der Waals surface area contributed by atoms with Gasteiger partial charge in [0.1, 0.15) is 11.9 Å². The highest BCUT2D eigenvalue weighted by Crippen LogP contribution is 2.17. The second kappa shape index (κ2) is 9.68. The van der Waals surface area contributed by atoms with Crippen molar-refractivity contribution < 1.29 is 18.7 Å². The Kier molecular flexibility index (Phi) is 8.22. The number of ether oxygens (including phenoxy) is 1. The molecule has 1 amide bonds. The van der Waals surface area contributed by atoms with Crippen molar-refractivity contribution in [3.63, 3.8) is 0 Å². The summed E-state index contributed by atoms with van der Waals surface area (Å²) in [6.07, 6.45) is 2.46. The molecule has 0 aliphatic heterocycles. The lowest BCUT2D eigenvalue weighted by Crippen LogP contribution is -2.42. The molecule has 1 N–H and O–H groups in total. The maximum atomic E-state index is 12.8. The van der Waals surface area contributed by atoms with Crippen LogP contribution in [-0.4, -0.2) is 42.8 Å². The zero-order valence-corrected chi connectivity index (χ0v) is 13.6. The Morgan fingerprint density at radius 2 is 2.00 bits per heavy atom. The molecule has 7 heteroatoms. The first kappa shape index (κ1) is 17.8. The van der Waals surface area contributed by atoms with E-state index >= 15 is 0 Å². The van der Waals surface area contributed by atoms with Crippen molar-refractivity contribution >= 4 is 35.4 Å². The molecule has 1 atom stereocenters. The highest BCUT2D eigenvalue weighted by Gasteiger charge is 2.20. The van der Waals surface area contributed by atoms with E-state index in [2.05, 4.69) is 10.1 Å². The van der Waals surface area contributed by atoms with Crippen LogP contribution in [0.5, 0.6) is 0 Å². The number of hydrogen-bond donors (Lipinski definition) is 1. The van der Waals surface area contributed by atoms with Crippen LogP contribution in [-0.2, 0) is 14.3 Å². The average molecular weight is 331 g/mol. The predicted octanol–water partition coefficient (Wildman–Crippen LogP) is 2.33. The fourth-order valence-corrected chi connectivity index (χ4v) is 2.72. The molecule has 0 aliphatic rings. The van der Waals surface area contributed by atoms with Gasteiger partial charge in [-0.15, -0.1) is 11.8 Å². The lowest BCUT2D eigenvalue weighted by Gasteiger charge is -2.15. The molecule has 116 valence electrons. The van der Waals surface area contributed by atoms with E-state index in [9.17, 15) is 14.0 Å². The summed E-state index contributed by atoms with van der Waals surface area (Å²) in [5.74, 6) is -0.0829. The molecular weight excluding hydrogens is 313 g/mol. The van der Waals surface area contributed by atoms with Gasteiger partial charge in [0.2, 0.25) is 5.91 Å². The van der Waals surface area contributed by atoms with E-state index in [4.69, 9.17) is 0 Å². The van der Waals surface area contributed by atoms with E-state index in [-0.39, 0.29) is 17.5 Å². The maximum Gasteiger partial charge on any atom is 0.328 e. The second-order valence-electron chi connectivity index (χ2n) is 4.17. The van der Waals surface area contributed by atoms with Crippen LogP contribution in [0.25, 0.3) is 0 Å². The predicted molar refractivity (Wildman–Crippen MR) is 84.1 cm³/mol. The van der Waals surface area contributed by atoms with Gasteiger partial charge in [-0.2, -0.15) is 11.8 Å². The third-order valence-electron chi connectivity index (χ3n) is 2.62. The number of hydrogen-bond acceptors (Lipinski definition) is 5. The summed E-state index contributed by atoms with van der Waals surface area (Å²) in [4.78, 5) is 24.2. The van der Waals surface area contributed by atoms with Crippen LogP contribution in [0.3, 0.4) is 0 Å². The summed E-state index contributed by atoms with van der Waals surface area (Å²) >= 11 is 2.88. The Morgan fingerprint density at radius 3 is 2.57 bits per heavy atom. The van der Waals surface area contributed by atoms with Gasteiger partial charge in [-0.1, -0.05) is 0 Å². The number of amides is 1. The van der Waals surface area contributed by atoms with Gasteiger partial charge in [0.15, 0.2) is 0 Å². The van der Waals surface area contributed by atoms with Crippen molar-refractivity contribution in [2.24, 2.45) is 0 Å². The molecule has 21 heavy (non-hydrogen) atoms. The maximum absolute atomic E-state index is 12.8. The zero-order valence-electron chi connectivity index (χ0n) is 11.9. The largest absolute Gasteiger partial charge is 0.467 e. The molecule has 0 aromatic heterocycles. The number of thioether (sulfide) groups is 2. The minimum absolute atomic E-state index is 0.165. The minimum atomic E-state index is -0.622. The van der Waals surface area contributed by atoms with Crippen molar-refractivity contribution in [3.05, 3.63) is 30.1 Å². The first-order valence-corrected chi connectivity index (χ1v) is 8.69. The minimum Gasteiger partial charge on any atom is -0.467 e. The Hall–Kier alpha value is -1.21. The molecule has 0 spiro atoms. The first-order chi connectivity index (χ1) is 10.1. The van der Waals surface area contributed by atoms with Crippen molar-refractivity contribution in [2.75, 3.05) is 24.9 Å². The highest BCUT2D eigenvalue weighted by molar-refractivity contribution is 8.00. The molecule has 0 heterocycles. The third-order valence-corrected chi connectivity index (χ3v) is 4.27. The van der Waals surface area contributed by atoms with Crippen LogP contribution in [0.4, 0.5) is 4.39 Å². The van der Waals surface area contributed by atoms with Gasteiger partial charge in [-0.25, -0.2) is 9.18 Å². The Balaban J connectivity index is 2.45. The molecule has 1 aromatic rings. The molecule has 0 bridgehead atoms. The van der Waals surface area contributed by atoms with Crippen LogP contribution in [0, 0.1) is 5.82 Å². The van der Waals surface area contributed by atoms with Gasteiger partial charge >= 0.3 is 5.97 Å². The number of esters is 1. The number of halogens is 1. The van der Waals surface area contributed by atoms with Gasteiger partial charge in [-0.05, 0) is 42.7 Å². The van der Waals surface area contributed by atoms with Crippen molar-refractivity contribution in [3.8, 4) is 0 Å². The zero-order chi connectivity index (χ0) is 15.7. The normalized spacial score (nSPS) is 11.8. The molecule has 0 fully saturated rings. The summed E-state index contributed by atoms with van der Waals surface area (Å²) in [5.41, 5.74) is 0. The molecule has 0 saturated carbocycles. The van der Waals surface area contributed by atoms with Gasteiger partial charge in [-0.3, -0.25) is 4.79 Å². The lowest BCUT2D eigenvalue weighted by atomic mass is 10.2. The monoisotopic (exact) mass is 331 g/mol. The van der Waals surface area contributed by atoms with Gasteiger partial charge in [0.25, 0.3) is 0 Å². The number of carbonyl (C=O) groups excluding carboxylic acids is 2. The molecule has 0 aliphatic carbocycles. The van der Waals surface area contributed by atoms with Gasteiger partial charge in [0.05, 0.1) is 12.9 Å². The molecule has 0 saturated heterocycles. The van der Waals surface area contributed by atoms with Crippen LogP contribution in [0.2, 0.25) is 0 Å². The highest BCUT2D eigenvalue weighted by atomic mass is 32.2. The number of methoxy groups -OCH3 is 1. The SMILES string of the molecule is COC(=O)[C@H](CCSC)NC(=O)CSc1ccc(F)cc1.